The molecular formula is C21H17F3N6O5. The van der Waals surface area contributed by atoms with Crippen molar-refractivity contribution in [2.45, 2.75) is 12.3 Å². The molecule has 1 aliphatic rings. The molecular weight excluding hydrogens is 473 g/mol. The predicted octanol–water partition coefficient (Wildman–Crippen LogP) is 3.49. The van der Waals surface area contributed by atoms with Crippen molar-refractivity contribution in [1.29, 1.82) is 0 Å². The van der Waals surface area contributed by atoms with Gasteiger partial charge in [-0.1, -0.05) is 12.1 Å². The number of aromatic nitrogens is 3. The molecule has 0 unspecified atom stereocenters. The van der Waals surface area contributed by atoms with Gasteiger partial charge in [-0.3, -0.25) is 14.5 Å². The minimum Gasteiger partial charge on any atom is -0.495 e. The molecule has 1 aromatic carbocycles. The van der Waals surface area contributed by atoms with Gasteiger partial charge in [0.1, 0.15) is 22.8 Å². The third-order valence-electron chi connectivity index (χ3n) is 5.21. The van der Waals surface area contributed by atoms with Crippen LogP contribution in [0.5, 0.6) is 11.6 Å². The van der Waals surface area contributed by atoms with Crippen LogP contribution in [0.4, 0.5) is 24.7 Å². The molecule has 14 heteroatoms. The van der Waals surface area contributed by atoms with Gasteiger partial charge >= 0.3 is 6.18 Å². The summed E-state index contributed by atoms with van der Waals surface area (Å²) in [6.45, 7) is -0.369. The van der Waals surface area contributed by atoms with E-state index in [0.29, 0.717) is 17.5 Å². The number of amides is 2. The van der Waals surface area contributed by atoms with E-state index >= 15 is 0 Å². The van der Waals surface area contributed by atoms with Gasteiger partial charge in [0.15, 0.2) is 0 Å². The Balaban J connectivity index is 1.72. The lowest BCUT2D eigenvalue weighted by Crippen LogP contribution is -2.44. The normalized spacial score (nSPS) is 15.4. The highest BCUT2D eigenvalue weighted by atomic mass is 19.4. The minimum atomic E-state index is -4.74. The number of anilines is 2. The smallest absolute Gasteiger partial charge is 0.421 e. The van der Waals surface area contributed by atoms with E-state index in [-0.39, 0.29) is 23.6 Å². The highest BCUT2D eigenvalue weighted by Gasteiger charge is 2.40. The molecule has 0 saturated carbocycles. The van der Waals surface area contributed by atoms with Crippen molar-refractivity contribution < 1.29 is 32.2 Å². The summed E-state index contributed by atoms with van der Waals surface area (Å²) < 4.78 is 50.6. The van der Waals surface area contributed by atoms with Gasteiger partial charge in [-0.25, -0.2) is 4.68 Å². The molecule has 0 saturated heterocycles. The van der Waals surface area contributed by atoms with Crippen molar-refractivity contribution in [2.24, 2.45) is 5.18 Å². The summed E-state index contributed by atoms with van der Waals surface area (Å²) in [5, 5.41) is 9.52. The third kappa shape index (κ3) is 4.25. The van der Waals surface area contributed by atoms with Gasteiger partial charge in [-0.2, -0.15) is 23.3 Å². The molecule has 0 bridgehead atoms. The fourth-order valence-corrected chi connectivity index (χ4v) is 3.58. The Hall–Kier alpha value is -4.49. The molecule has 35 heavy (non-hydrogen) atoms. The molecule has 1 N–H and O–H groups in total. The first kappa shape index (κ1) is 23.7. The largest absolute Gasteiger partial charge is 0.495 e. The molecule has 0 aliphatic carbocycles. The first-order valence-corrected chi connectivity index (χ1v) is 9.98. The van der Waals surface area contributed by atoms with Crippen LogP contribution in [-0.4, -0.2) is 47.3 Å². The number of fused-ring (bicyclic) bond motifs is 1. The molecule has 3 aromatic rings. The number of alkyl halides is 3. The zero-order valence-corrected chi connectivity index (χ0v) is 18.2. The standard InChI is InChI=1S/C21H17F3N6O5/c1-34-14-6-4-3-5-13(14)26-18(31)11-9-25-30-16(28-33)10-29(20(32)17(11)30)15-8-7-12(21(22,23)24)19(27-15)35-2/h3-9,16H,10H2,1-2H3,(H,26,31)/t16-/m1/s1. The number of hydrogen-bond acceptors (Lipinski definition) is 8. The van der Waals surface area contributed by atoms with Gasteiger partial charge in [-0.05, 0) is 29.4 Å². The Morgan fingerprint density at radius 1 is 1.17 bits per heavy atom. The molecule has 11 nitrogen and oxygen atoms in total. The van der Waals surface area contributed by atoms with Crippen LogP contribution < -0.4 is 19.7 Å². The monoisotopic (exact) mass is 490 g/mol. The van der Waals surface area contributed by atoms with Crippen LogP contribution >= 0.6 is 0 Å². The molecule has 1 aliphatic heterocycles. The summed E-state index contributed by atoms with van der Waals surface area (Å²) >= 11 is 0. The van der Waals surface area contributed by atoms with Crippen molar-refractivity contribution in [3.8, 4) is 11.6 Å². The number of carbonyl (C=O) groups excluding carboxylic acids is 2. The topological polar surface area (TPSA) is 128 Å². The average Bonchev–Trinajstić information content (AvgIpc) is 3.30. The number of nitrogens with one attached hydrogen (secondary N) is 1. The third-order valence-corrected chi connectivity index (χ3v) is 5.21. The van der Waals surface area contributed by atoms with E-state index in [9.17, 15) is 27.7 Å². The fraction of sp³-hybridized carbons (Fsp3) is 0.238. The van der Waals surface area contributed by atoms with Gasteiger partial charge < -0.3 is 14.8 Å². The Bertz CT molecular complexity index is 1310. The second-order valence-corrected chi connectivity index (χ2v) is 7.23. The van der Waals surface area contributed by atoms with Crippen LogP contribution in [0.1, 0.15) is 32.6 Å². The Labute approximate surface area is 195 Å². The fourth-order valence-electron chi connectivity index (χ4n) is 3.58. The molecule has 2 amide bonds. The zero-order chi connectivity index (χ0) is 25.3. The summed E-state index contributed by atoms with van der Waals surface area (Å²) in [5.74, 6) is -2.16. The number of ether oxygens (including phenoxy) is 2. The number of halogens is 3. The van der Waals surface area contributed by atoms with Gasteiger partial charge in [0.25, 0.3) is 11.8 Å². The highest BCUT2D eigenvalue weighted by molar-refractivity contribution is 6.15. The summed E-state index contributed by atoms with van der Waals surface area (Å²) in [6.07, 6.45) is -4.90. The minimum absolute atomic E-state index is 0.182. The summed E-state index contributed by atoms with van der Waals surface area (Å²) in [5.41, 5.74) is -1.29. The number of nitroso groups, excluding NO2 is 1. The summed E-state index contributed by atoms with van der Waals surface area (Å²) in [6, 6.07) is 8.23. The van der Waals surface area contributed by atoms with E-state index < -0.39 is 35.6 Å². The van der Waals surface area contributed by atoms with E-state index in [0.717, 1.165) is 29.0 Å². The van der Waals surface area contributed by atoms with Crippen LogP contribution in [0.15, 0.2) is 47.8 Å². The van der Waals surface area contributed by atoms with Crippen LogP contribution in [0, 0.1) is 4.91 Å². The molecule has 1 atom stereocenters. The number of nitrogens with zero attached hydrogens (tertiary/aromatic N) is 5. The van der Waals surface area contributed by atoms with Crippen molar-refractivity contribution in [2.75, 3.05) is 31.0 Å². The number of hydrogen-bond donors (Lipinski definition) is 1. The van der Waals surface area contributed by atoms with Gasteiger partial charge in [-0.15, -0.1) is 4.91 Å². The maximum absolute atomic E-state index is 13.3. The summed E-state index contributed by atoms with van der Waals surface area (Å²) in [7, 11) is 2.42. The van der Waals surface area contributed by atoms with Crippen molar-refractivity contribution in [1.82, 2.24) is 14.8 Å². The molecule has 0 fully saturated rings. The van der Waals surface area contributed by atoms with Crippen LogP contribution in [0.25, 0.3) is 0 Å². The number of pyridine rings is 1. The van der Waals surface area contributed by atoms with Gasteiger partial charge in [0.2, 0.25) is 12.0 Å². The SMILES string of the molecule is COc1ccccc1NC(=O)c1cnn2c1C(=O)N(c1ccc(C(F)(F)F)c(OC)n1)C[C@@H]2N=O. The van der Waals surface area contributed by atoms with E-state index in [1.54, 1.807) is 24.3 Å². The number of carbonyl (C=O) groups is 2. The molecule has 3 heterocycles. The quantitative estimate of drug-likeness (QED) is 0.524. The van der Waals surface area contributed by atoms with Crippen LogP contribution in [0.2, 0.25) is 0 Å². The number of para-hydroxylation sites is 2. The second-order valence-electron chi connectivity index (χ2n) is 7.23. The number of methoxy groups -OCH3 is 2. The number of rotatable bonds is 6. The lowest BCUT2D eigenvalue weighted by Gasteiger charge is -2.30. The Kier molecular flexibility index (Phi) is 6.11. The number of benzene rings is 1. The average molecular weight is 490 g/mol. The predicted molar refractivity (Wildman–Crippen MR) is 115 cm³/mol. The summed E-state index contributed by atoms with van der Waals surface area (Å²) in [4.78, 5) is 42.6. The first-order valence-electron chi connectivity index (χ1n) is 9.98. The Morgan fingerprint density at radius 3 is 2.57 bits per heavy atom. The molecule has 0 radical (unpaired) electrons. The molecule has 2 aromatic heterocycles. The molecule has 0 spiro atoms. The van der Waals surface area contributed by atoms with E-state index in [2.05, 4.69) is 20.6 Å². The van der Waals surface area contributed by atoms with Crippen LogP contribution in [0.3, 0.4) is 0 Å². The Morgan fingerprint density at radius 2 is 1.91 bits per heavy atom. The van der Waals surface area contributed by atoms with Gasteiger partial charge in [0.05, 0.1) is 38.2 Å². The lowest BCUT2D eigenvalue weighted by molar-refractivity contribution is -0.139. The second kappa shape index (κ2) is 9.04. The highest BCUT2D eigenvalue weighted by Crippen LogP contribution is 2.37. The zero-order valence-electron chi connectivity index (χ0n) is 18.2. The van der Waals surface area contributed by atoms with Crippen molar-refractivity contribution >= 4 is 23.3 Å². The van der Waals surface area contributed by atoms with E-state index in [1.165, 1.54) is 7.11 Å². The van der Waals surface area contributed by atoms with Gasteiger partial charge in [0, 0.05) is 0 Å². The van der Waals surface area contributed by atoms with Crippen molar-refractivity contribution in [3.63, 3.8) is 0 Å². The lowest BCUT2D eigenvalue weighted by atomic mass is 10.1. The van der Waals surface area contributed by atoms with Crippen molar-refractivity contribution in [3.05, 3.63) is 64.3 Å². The first-order chi connectivity index (χ1) is 16.7. The van der Waals surface area contributed by atoms with E-state index in [4.69, 9.17) is 9.47 Å². The maximum Gasteiger partial charge on any atom is 0.421 e. The molecule has 4 rings (SSSR count). The van der Waals surface area contributed by atoms with E-state index in [1.807, 2.05) is 0 Å². The maximum atomic E-state index is 13.3. The van der Waals surface area contributed by atoms with Crippen LogP contribution in [-0.2, 0) is 6.18 Å². The molecule has 182 valence electrons.